The van der Waals surface area contributed by atoms with E-state index < -0.39 is 35.9 Å². The van der Waals surface area contributed by atoms with Crippen LogP contribution in [0.1, 0.15) is 11.1 Å². The van der Waals surface area contributed by atoms with E-state index in [4.69, 9.17) is 10.9 Å². The van der Waals surface area contributed by atoms with Gasteiger partial charge in [0, 0.05) is 18.3 Å². The summed E-state index contributed by atoms with van der Waals surface area (Å²) in [5, 5.41) is 11.1. The predicted molar refractivity (Wildman–Crippen MR) is 63.3 cm³/mol. The Labute approximate surface area is 115 Å². The zero-order chi connectivity index (χ0) is 16.4. The zero-order valence-corrected chi connectivity index (χ0v) is 10.6. The number of anilines is 1. The fraction of sp³-hybridized carbons (Fsp3) is 0.364. The molecule has 1 aromatic rings. The SMILES string of the molecule is CN(CC(F)(F)F)c1ccc(C(F)(F)F)cc1/C(N)=N/O. The molecule has 21 heavy (non-hydrogen) atoms. The molecule has 0 aliphatic carbocycles. The van der Waals surface area contributed by atoms with Crippen molar-refractivity contribution in [3.05, 3.63) is 29.3 Å². The number of alkyl halides is 6. The number of hydrogen-bond acceptors (Lipinski definition) is 3. The van der Waals surface area contributed by atoms with Crippen LogP contribution >= 0.6 is 0 Å². The highest BCUT2D eigenvalue weighted by molar-refractivity contribution is 6.02. The molecule has 0 aliphatic rings. The van der Waals surface area contributed by atoms with Crippen molar-refractivity contribution < 1.29 is 31.5 Å². The maximum atomic E-state index is 12.6. The van der Waals surface area contributed by atoms with E-state index in [9.17, 15) is 26.3 Å². The second-order valence-corrected chi connectivity index (χ2v) is 4.19. The molecule has 0 unspecified atom stereocenters. The molecule has 1 aromatic carbocycles. The van der Waals surface area contributed by atoms with Gasteiger partial charge in [-0.25, -0.2) is 0 Å². The van der Waals surface area contributed by atoms with Crippen LogP contribution in [-0.4, -0.2) is 30.8 Å². The van der Waals surface area contributed by atoms with Crippen LogP contribution in [0.2, 0.25) is 0 Å². The number of amidine groups is 1. The molecule has 0 saturated heterocycles. The zero-order valence-electron chi connectivity index (χ0n) is 10.6. The molecule has 0 saturated carbocycles. The van der Waals surface area contributed by atoms with Crippen LogP contribution in [0.4, 0.5) is 32.0 Å². The molecule has 0 aromatic heterocycles. The Morgan fingerprint density at radius 1 is 1.24 bits per heavy atom. The summed E-state index contributed by atoms with van der Waals surface area (Å²) >= 11 is 0. The van der Waals surface area contributed by atoms with Gasteiger partial charge < -0.3 is 15.8 Å². The van der Waals surface area contributed by atoms with Gasteiger partial charge in [-0.05, 0) is 18.2 Å². The van der Waals surface area contributed by atoms with E-state index in [1.807, 2.05) is 0 Å². The molecule has 4 nitrogen and oxygen atoms in total. The Bertz CT molecular complexity index is 538. The van der Waals surface area contributed by atoms with E-state index in [0.29, 0.717) is 17.0 Å². The minimum atomic E-state index is -4.70. The van der Waals surface area contributed by atoms with Gasteiger partial charge in [0.25, 0.3) is 0 Å². The summed E-state index contributed by atoms with van der Waals surface area (Å²) in [6.07, 6.45) is -9.26. The van der Waals surface area contributed by atoms with E-state index in [1.165, 1.54) is 0 Å². The normalized spacial score (nSPS) is 13.4. The van der Waals surface area contributed by atoms with E-state index in [1.54, 1.807) is 0 Å². The number of oxime groups is 1. The molecule has 118 valence electrons. The third kappa shape index (κ3) is 4.43. The average molecular weight is 315 g/mol. The second kappa shape index (κ2) is 5.70. The Balaban J connectivity index is 3.32. The molecule has 10 heteroatoms. The van der Waals surface area contributed by atoms with Gasteiger partial charge in [-0.2, -0.15) is 26.3 Å². The van der Waals surface area contributed by atoms with Crippen molar-refractivity contribution in [3.63, 3.8) is 0 Å². The molecule has 3 N–H and O–H groups in total. The predicted octanol–water partition coefficient (Wildman–Crippen LogP) is 2.80. The summed E-state index contributed by atoms with van der Waals surface area (Å²) in [7, 11) is 1.03. The second-order valence-electron chi connectivity index (χ2n) is 4.19. The molecule has 0 bridgehead atoms. The summed E-state index contributed by atoms with van der Waals surface area (Å²) in [4.78, 5) is 0.660. The third-order valence-electron chi connectivity index (χ3n) is 2.54. The van der Waals surface area contributed by atoms with Gasteiger partial charge in [0.1, 0.15) is 6.54 Å². The molecular formula is C11H11F6N3O. The third-order valence-corrected chi connectivity index (χ3v) is 2.54. The van der Waals surface area contributed by atoms with E-state index in [2.05, 4.69) is 5.16 Å². The first kappa shape index (κ1) is 16.9. The minimum Gasteiger partial charge on any atom is -0.409 e. The van der Waals surface area contributed by atoms with Crippen molar-refractivity contribution in [2.75, 3.05) is 18.5 Å². The number of rotatable bonds is 3. The van der Waals surface area contributed by atoms with Crippen LogP contribution in [0.5, 0.6) is 0 Å². The van der Waals surface area contributed by atoms with Crippen molar-refractivity contribution >= 4 is 11.5 Å². The lowest BCUT2D eigenvalue weighted by molar-refractivity contribution is -0.137. The molecule has 0 fully saturated rings. The molecular weight excluding hydrogens is 304 g/mol. The smallest absolute Gasteiger partial charge is 0.409 e. The topological polar surface area (TPSA) is 61.8 Å². The Morgan fingerprint density at radius 2 is 1.81 bits per heavy atom. The van der Waals surface area contributed by atoms with Gasteiger partial charge in [-0.1, -0.05) is 5.16 Å². The molecule has 0 amide bonds. The number of halogens is 6. The first-order valence-electron chi connectivity index (χ1n) is 5.42. The van der Waals surface area contributed by atoms with Crippen LogP contribution in [-0.2, 0) is 6.18 Å². The summed E-state index contributed by atoms with van der Waals surface area (Å²) in [6, 6.07) is 1.98. The van der Waals surface area contributed by atoms with Crippen LogP contribution in [0.3, 0.4) is 0 Å². The largest absolute Gasteiger partial charge is 0.416 e. The molecule has 1 rings (SSSR count). The number of nitrogens with two attached hydrogens (primary N) is 1. The van der Waals surface area contributed by atoms with Gasteiger partial charge in [0.15, 0.2) is 5.84 Å². The number of nitrogens with zero attached hydrogens (tertiary/aromatic N) is 2. The minimum absolute atomic E-state index is 0.240. The first-order valence-corrected chi connectivity index (χ1v) is 5.42. The number of benzene rings is 1. The number of hydrogen-bond donors (Lipinski definition) is 2. The fourth-order valence-corrected chi connectivity index (χ4v) is 1.66. The Kier molecular flexibility index (Phi) is 4.59. The van der Waals surface area contributed by atoms with E-state index in [-0.39, 0.29) is 5.69 Å². The highest BCUT2D eigenvalue weighted by atomic mass is 19.4. The highest BCUT2D eigenvalue weighted by Crippen LogP contribution is 2.33. The monoisotopic (exact) mass is 315 g/mol. The first-order chi connectivity index (χ1) is 9.45. The van der Waals surface area contributed by atoms with Gasteiger partial charge in [-0.3, -0.25) is 0 Å². The maximum absolute atomic E-state index is 12.6. The lowest BCUT2D eigenvalue weighted by Crippen LogP contribution is -2.32. The van der Waals surface area contributed by atoms with Crippen molar-refractivity contribution in [3.8, 4) is 0 Å². The summed E-state index contributed by atoms with van der Waals surface area (Å²) in [6.45, 7) is -1.40. The molecule has 0 spiro atoms. The maximum Gasteiger partial charge on any atom is 0.416 e. The van der Waals surface area contributed by atoms with Crippen molar-refractivity contribution in [2.45, 2.75) is 12.4 Å². The molecule has 0 radical (unpaired) electrons. The summed E-state index contributed by atoms with van der Waals surface area (Å²) in [5.41, 5.74) is 3.43. The standard InChI is InChI=1S/C11H11F6N3O/c1-20(5-10(12,13)14)8-3-2-6(11(15,16)17)4-7(8)9(18)19-21/h2-4,21H,5H2,1H3,(H2,18,19). The average Bonchev–Trinajstić information content (AvgIpc) is 2.34. The van der Waals surface area contributed by atoms with Crippen LogP contribution in [0.15, 0.2) is 23.4 Å². The van der Waals surface area contributed by atoms with E-state index >= 15 is 0 Å². The van der Waals surface area contributed by atoms with Gasteiger partial charge in [-0.15, -0.1) is 0 Å². The lowest BCUT2D eigenvalue weighted by atomic mass is 10.1. The van der Waals surface area contributed by atoms with Crippen LogP contribution in [0, 0.1) is 0 Å². The van der Waals surface area contributed by atoms with Crippen LogP contribution < -0.4 is 10.6 Å². The molecule has 0 atom stereocenters. The van der Waals surface area contributed by atoms with Gasteiger partial charge in [0.05, 0.1) is 5.56 Å². The fourth-order valence-electron chi connectivity index (χ4n) is 1.66. The van der Waals surface area contributed by atoms with Crippen molar-refractivity contribution in [2.24, 2.45) is 10.9 Å². The lowest BCUT2D eigenvalue weighted by Gasteiger charge is -2.24. The highest BCUT2D eigenvalue weighted by Gasteiger charge is 2.33. The molecule has 0 heterocycles. The van der Waals surface area contributed by atoms with Crippen LogP contribution in [0.25, 0.3) is 0 Å². The summed E-state index contributed by atoms with van der Waals surface area (Å²) < 4.78 is 74.8. The Morgan fingerprint density at radius 3 is 2.24 bits per heavy atom. The Hall–Kier alpha value is -2.13. The van der Waals surface area contributed by atoms with Crippen molar-refractivity contribution in [1.29, 1.82) is 0 Å². The van der Waals surface area contributed by atoms with Gasteiger partial charge in [0.2, 0.25) is 0 Å². The molecule has 0 aliphatic heterocycles. The van der Waals surface area contributed by atoms with E-state index in [0.717, 1.165) is 13.1 Å². The quantitative estimate of drug-likeness (QED) is 0.296. The van der Waals surface area contributed by atoms with Crippen molar-refractivity contribution in [1.82, 2.24) is 0 Å². The summed E-state index contributed by atoms with van der Waals surface area (Å²) in [5.74, 6) is -0.717. The van der Waals surface area contributed by atoms with Gasteiger partial charge >= 0.3 is 12.4 Å².